The lowest BCUT2D eigenvalue weighted by atomic mass is 10.4. The average Bonchev–Trinajstić information content (AvgIpc) is 2.30. The fourth-order valence-electron chi connectivity index (χ4n) is 0.995. The number of nitrogens with one attached hydrogen (secondary N) is 1. The maximum absolute atomic E-state index is 10.1. The maximum Gasteiger partial charge on any atom is 0.404 e. The smallest absolute Gasteiger partial charge is 0.404 e. The number of nitrogens with two attached hydrogens (primary N) is 1. The van der Waals surface area contributed by atoms with E-state index in [-0.39, 0.29) is 0 Å². The van der Waals surface area contributed by atoms with Gasteiger partial charge in [-0.3, -0.25) is 0 Å². The van der Waals surface area contributed by atoms with Crippen molar-refractivity contribution < 1.29 is 24.1 Å². The summed E-state index contributed by atoms with van der Waals surface area (Å²) >= 11 is 0. The highest BCUT2D eigenvalue weighted by Gasteiger charge is 1.94. The van der Waals surface area contributed by atoms with E-state index in [1.54, 1.807) is 0 Å². The number of amides is 1. The zero-order chi connectivity index (χ0) is 12.8. The van der Waals surface area contributed by atoms with Crippen LogP contribution < -0.4 is 11.1 Å². The van der Waals surface area contributed by atoms with Gasteiger partial charge in [-0.05, 0) is 6.42 Å². The van der Waals surface area contributed by atoms with Crippen LogP contribution in [0.1, 0.15) is 6.42 Å². The normalized spacial score (nSPS) is 10.4. The van der Waals surface area contributed by atoms with Gasteiger partial charge >= 0.3 is 6.09 Å². The van der Waals surface area contributed by atoms with E-state index in [0.29, 0.717) is 59.2 Å². The number of hydrogen-bond donors (Lipinski definition) is 3. The van der Waals surface area contributed by atoms with Gasteiger partial charge in [0.25, 0.3) is 0 Å². The summed E-state index contributed by atoms with van der Waals surface area (Å²) < 4.78 is 15.6. The Bertz CT molecular complexity index is 180. The van der Waals surface area contributed by atoms with Crippen molar-refractivity contribution in [2.24, 2.45) is 5.73 Å². The Morgan fingerprint density at radius 3 is 2.06 bits per heavy atom. The lowest BCUT2D eigenvalue weighted by Gasteiger charge is -2.06. The van der Waals surface area contributed by atoms with Gasteiger partial charge in [0, 0.05) is 19.7 Å². The Balaban J connectivity index is 2.91. The molecule has 0 aliphatic rings. The molecule has 0 aliphatic heterocycles. The van der Waals surface area contributed by atoms with Crippen LogP contribution in [0.2, 0.25) is 0 Å². The molecule has 0 bridgehead atoms. The second-order valence-corrected chi connectivity index (χ2v) is 3.21. The number of rotatable bonds is 12. The van der Waals surface area contributed by atoms with Crippen LogP contribution in [0.4, 0.5) is 4.79 Å². The fraction of sp³-hybridized carbons (Fsp3) is 0.900. The van der Waals surface area contributed by atoms with Crippen molar-refractivity contribution >= 4 is 6.09 Å². The van der Waals surface area contributed by atoms with Crippen molar-refractivity contribution in [1.82, 2.24) is 5.32 Å². The van der Waals surface area contributed by atoms with Crippen LogP contribution in [0, 0.1) is 0 Å². The van der Waals surface area contributed by atoms with E-state index < -0.39 is 6.09 Å². The van der Waals surface area contributed by atoms with Crippen molar-refractivity contribution in [1.29, 1.82) is 0 Å². The lowest BCUT2D eigenvalue weighted by Crippen LogP contribution is -2.23. The molecule has 7 nitrogen and oxygen atoms in total. The van der Waals surface area contributed by atoms with Crippen molar-refractivity contribution in [3.8, 4) is 0 Å². The molecule has 0 heterocycles. The van der Waals surface area contributed by atoms with Gasteiger partial charge in [0.2, 0.25) is 0 Å². The highest BCUT2D eigenvalue weighted by atomic mass is 16.5. The first kappa shape index (κ1) is 16.1. The molecule has 0 aromatic rings. The summed E-state index contributed by atoms with van der Waals surface area (Å²) in [4.78, 5) is 10.1. The summed E-state index contributed by atoms with van der Waals surface area (Å²) in [5, 5.41) is 10.5. The predicted octanol–water partition coefficient (Wildman–Crippen LogP) is -0.347. The highest BCUT2D eigenvalue weighted by Crippen LogP contribution is 1.83. The Morgan fingerprint density at radius 1 is 1.00 bits per heavy atom. The highest BCUT2D eigenvalue weighted by molar-refractivity contribution is 5.64. The number of ether oxygens (including phenoxy) is 3. The molecule has 17 heavy (non-hydrogen) atoms. The molecule has 0 saturated carbocycles. The van der Waals surface area contributed by atoms with Crippen LogP contribution in [-0.4, -0.2) is 63.9 Å². The molecule has 1 amide bonds. The van der Waals surface area contributed by atoms with Gasteiger partial charge in [-0.25, -0.2) is 4.79 Å². The molecule has 7 heteroatoms. The third-order valence-electron chi connectivity index (χ3n) is 1.75. The predicted molar refractivity (Wildman–Crippen MR) is 62.2 cm³/mol. The summed E-state index contributed by atoms with van der Waals surface area (Å²) in [6, 6.07) is 0. The number of carboxylic acid groups (broad SMARTS) is 1. The van der Waals surface area contributed by atoms with Crippen LogP contribution in [0.25, 0.3) is 0 Å². The minimum absolute atomic E-state index is 0.406. The van der Waals surface area contributed by atoms with E-state index in [0.717, 1.165) is 0 Å². The van der Waals surface area contributed by atoms with Crippen molar-refractivity contribution in [2.75, 3.05) is 52.7 Å². The van der Waals surface area contributed by atoms with Gasteiger partial charge in [-0.2, -0.15) is 0 Å². The molecule has 102 valence electrons. The van der Waals surface area contributed by atoms with E-state index in [9.17, 15) is 4.79 Å². The van der Waals surface area contributed by atoms with Gasteiger partial charge < -0.3 is 30.4 Å². The summed E-state index contributed by atoms with van der Waals surface area (Å²) in [6.07, 6.45) is -0.350. The third-order valence-corrected chi connectivity index (χ3v) is 1.75. The molecule has 0 atom stereocenters. The molecule has 0 saturated heterocycles. The van der Waals surface area contributed by atoms with E-state index >= 15 is 0 Å². The molecule has 0 fully saturated rings. The minimum Gasteiger partial charge on any atom is -0.465 e. The molecular weight excluding hydrogens is 228 g/mol. The van der Waals surface area contributed by atoms with Gasteiger partial charge in [0.15, 0.2) is 0 Å². The fourth-order valence-corrected chi connectivity index (χ4v) is 0.995. The zero-order valence-electron chi connectivity index (χ0n) is 10.0. The second kappa shape index (κ2) is 13.2. The van der Waals surface area contributed by atoms with Crippen molar-refractivity contribution in [3.63, 3.8) is 0 Å². The van der Waals surface area contributed by atoms with Gasteiger partial charge in [0.05, 0.1) is 33.0 Å². The Hall–Kier alpha value is -0.890. The summed E-state index contributed by atoms with van der Waals surface area (Å²) in [5.41, 5.74) is 5.24. The Labute approximate surface area is 101 Å². The van der Waals surface area contributed by atoms with E-state index in [1.807, 2.05) is 0 Å². The quantitative estimate of drug-likeness (QED) is 0.409. The first-order chi connectivity index (χ1) is 8.27. The number of hydrogen-bond acceptors (Lipinski definition) is 5. The molecule has 4 N–H and O–H groups in total. The lowest BCUT2D eigenvalue weighted by molar-refractivity contribution is 0.0156. The zero-order valence-corrected chi connectivity index (χ0v) is 10.0. The van der Waals surface area contributed by atoms with Crippen LogP contribution in [0.15, 0.2) is 0 Å². The largest absolute Gasteiger partial charge is 0.465 e. The van der Waals surface area contributed by atoms with Gasteiger partial charge in [-0.15, -0.1) is 0 Å². The molecule has 0 spiro atoms. The maximum atomic E-state index is 10.1. The van der Waals surface area contributed by atoms with Crippen LogP contribution >= 0.6 is 0 Å². The van der Waals surface area contributed by atoms with Gasteiger partial charge in [-0.1, -0.05) is 0 Å². The molecular formula is C10H22N2O5. The van der Waals surface area contributed by atoms with E-state index in [4.69, 9.17) is 25.1 Å². The molecule has 0 radical (unpaired) electrons. The molecule has 0 aromatic carbocycles. The van der Waals surface area contributed by atoms with E-state index in [1.165, 1.54) is 0 Å². The number of carbonyl (C=O) groups is 1. The van der Waals surface area contributed by atoms with Crippen LogP contribution in [0.5, 0.6) is 0 Å². The van der Waals surface area contributed by atoms with Crippen LogP contribution in [-0.2, 0) is 14.2 Å². The van der Waals surface area contributed by atoms with E-state index in [2.05, 4.69) is 5.32 Å². The minimum atomic E-state index is -1.01. The summed E-state index contributed by atoms with van der Waals surface area (Å²) in [5.74, 6) is 0. The molecule has 0 rings (SSSR count). The molecule has 0 aromatic heterocycles. The Morgan fingerprint density at radius 2 is 1.53 bits per heavy atom. The monoisotopic (exact) mass is 250 g/mol. The summed E-state index contributed by atoms with van der Waals surface area (Å²) in [7, 11) is 0. The SMILES string of the molecule is NCCOCCOCCOCCCNC(=O)O. The first-order valence-electron chi connectivity index (χ1n) is 5.67. The Kier molecular flexibility index (Phi) is 12.5. The topological polar surface area (TPSA) is 103 Å². The molecule has 0 unspecified atom stereocenters. The van der Waals surface area contributed by atoms with Crippen LogP contribution in [0.3, 0.4) is 0 Å². The molecule has 0 aliphatic carbocycles. The van der Waals surface area contributed by atoms with Crippen molar-refractivity contribution in [3.05, 3.63) is 0 Å². The second-order valence-electron chi connectivity index (χ2n) is 3.21. The standard InChI is InChI=1S/C10H22N2O5/c11-2-5-16-7-9-17-8-6-15-4-1-3-12-10(13)14/h12H,1-9,11H2,(H,13,14). The summed E-state index contributed by atoms with van der Waals surface area (Å²) in [6.45, 7) is 4.09. The van der Waals surface area contributed by atoms with Gasteiger partial charge in [0.1, 0.15) is 0 Å². The third kappa shape index (κ3) is 15.1. The average molecular weight is 250 g/mol. The van der Waals surface area contributed by atoms with Crippen molar-refractivity contribution in [2.45, 2.75) is 6.42 Å². The first-order valence-corrected chi connectivity index (χ1v) is 5.67.